The van der Waals surface area contributed by atoms with E-state index in [1.54, 1.807) is 19.2 Å². The molecule has 1 N–H and O–H groups in total. The molecule has 0 unspecified atom stereocenters. The molecule has 0 atom stereocenters. The highest BCUT2D eigenvalue weighted by atomic mass is 127. The first-order valence-corrected chi connectivity index (χ1v) is 8.85. The van der Waals surface area contributed by atoms with Crippen LogP contribution >= 0.6 is 22.6 Å². The van der Waals surface area contributed by atoms with Gasteiger partial charge in [-0.05, 0) is 64.4 Å². The number of aromatic carboxylic acids is 1. The number of amides is 1. The molecular weight excluding hydrogens is 441 g/mol. The van der Waals surface area contributed by atoms with Crippen molar-refractivity contribution >= 4 is 50.9 Å². The fraction of sp³-hybridized carbons (Fsp3) is 0.0476. The molecule has 0 aliphatic carbocycles. The number of fused-ring (bicyclic) bond motifs is 1. The number of carbonyl (C=O) groups is 2. The Kier molecular flexibility index (Phi) is 5.24. The van der Waals surface area contributed by atoms with Crippen LogP contribution in [-0.2, 0) is 4.79 Å². The van der Waals surface area contributed by atoms with Crippen LogP contribution in [0.15, 0.2) is 60.7 Å². The van der Waals surface area contributed by atoms with E-state index in [0.717, 1.165) is 20.0 Å². The number of hydrogen-bond donors (Lipinski definition) is 1. The van der Waals surface area contributed by atoms with Crippen molar-refractivity contribution in [2.24, 2.45) is 0 Å². The van der Waals surface area contributed by atoms with Gasteiger partial charge in [-0.25, -0.2) is 4.79 Å². The minimum Gasteiger partial charge on any atom is -0.478 e. The van der Waals surface area contributed by atoms with E-state index in [-0.39, 0.29) is 11.5 Å². The lowest BCUT2D eigenvalue weighted by Crippen LogP contribution is -2.24. The zero-order valence-electron chi connectivity index (χ0n) is 13.9. The molecule has 0 aliphatic heterocycles. The van der Waals surface area contributed by atoms with Crippen molar-refractivity contribution in [1.82, 2.24) is 0 Å². The van der Waals surface area contributed by atoms with E-state index in [4.69, 9.17) is 5.11 Å². The SMILES string of the molecule is CN(C(=O)C#Cc1ccc(C(=O)O)cc1)c1cccc2cccc(I)c12. The van der Waals surface area contributed by atoms with Gasteiger partial charge in [0.1, 0.15) is 0 Å². The molecular formula is C21H14INO3. The van der Waals surface area contributed by atoms with Crippen LogP contribution in [0.1, 0.15) is 15.9 Å². The maximum atomic E-state index is 12.5. The zero-order valence-corrected chi connectivity index (χ0v) is 16.0. The van der Waals surface area contributed by atoms with E-state index in [0.29, 0.717) is 5.56 Å². The van der Waals surface area contributed by atoms with E-state index in [1.807, 2.05) is 36.4 Å². The maximum absolute atomic E-state index is 12.5. The van der Waals surface area contributed by atoms with Crippen LogP contribution in [-0.4, -0.2) is 24.0 Å². The zero-order chi connectivity index (χ0) is 18.7. The normalized spacial score (nSPS) is 10.1. The van der Waals surface area contributed by atoms with Crippen molar-refractivity contribution in [3.8, 4) is 11.8 Å². The monoisotopic (exact) mass is 455 g/mol. The Labute approximate surface area is 164 Å². The summed E-state index contributed by atoms with van der Waals surface area (Å²) in [5.74, 6) is 4.08. The molecule has 0 saturated heterocycles. The van der Waals surface area contributed by atoms with Gasteiger partial charge in [-0.1, -0.05) is 30.2 Å². The van der Waals surface area contributed by atoms with E-state index in [9.17, 15) is 9.59 Å². The highest BCUT2D eigenvalue weighted by molar-refractivity contribution is 14.1. The number of hydrogen-bond acceptors (Lipinski definition) is 2. The average Bonchev–Trinajstić information content (AvgIpc) is 2.65. The van der Waals surface area contributed by atoms with Gasteiger partial charge in [0.2, 0.25) is 0 Å². The molecule has 0 aromatic heterocycles. The molecule has 0 heterocycles. The molecule has 5 heteroatoms. The molecule has 0 fully saturated rings. The van der Waals surface area contributed by atoms with E-state index >= 15 is 0 Å². The van der Waals surface area contributed by atoms with Gasteiger partial charge in [0, 0.05) is 27.5 Å². The summed E-state index contributed by atoms with van der Waals surface area (Å²) in [6, 6.07) is 17.9. The molecule has 128 valence electrons. The first-order valence-electron chi connectivity index (χ1n) is 7.77. The van der Waals surface area contributed by atoms with E-state index < -0.39 is 5.97 Å². The van der Waals surface area contributed by atoms with Crippen LogP contribution < -0.4 is 4.90 Å². The summed E-state index contributed by atoms with van der Waals surface area (Å²) in [5, 5.41) is 11.0. The lowest BCUT2D eigenvalue weighted by atomic mass is 10.1. The number of carboxylic acid groups (broad SMARTS) is 1. The summed E-state index contributed by atoms with van der Waals surface area (Å²) in [6.45, 7) is 0. The van der Waals surface area contributed by atoms with Crippen molar-refractivity contribution in [1.29, 1.82) is 0 Å². The first kappa shape index (κ1) is 18.0. The number of anilines is 1. The van der Waals surface area contributed by atoms with Gasteiger partial charge in [-0.15, -0.1) is 0 Å². The molecule has 26 heavy (non-hydrogen) atoms. The Bertz CT molecular complexity index is 1060. The Morgan fingerprint density at radius 2 is 1.65 bits per heavy atom. The minimum atomic E-state index is -0.995. The molecule has 0 saturated carbocycles. The van der Waals surface area contributed by atoms with Gasteiger partial charge in [0.15, 0.2) is 0 Å². The van der Waals surface area contributed by atoms with Gasteiger partial charge < -0.3 is 10.0 Å². The van der Waals surface area contributed by atoms with Crippen LogP contribution in [0.25, 0.3) is 10.8 Å². The van der Waals surface area contributed by atoms with Gasteiger partial charge in [-0.3, -0.25) is 4.79 Å². The number of halogens is 1. The largest absolute Gasteiger partial charge is 0.478 e. The third-order valence-corrected chi connectivity index (χ3v) is 4.84. The van der Waals surface area contributed by atoms with E-state index in [1.165, 1.54) is 17.0 Å². The first-order chi connectivity index (χ1) is 12.5. The molecule has 0 bridgehead atoms. The molecule has 0 aliphatic rings. The molecule has 3 aromatic rings. The van der Waals surface area contributed by atoms with Gasteiger partial charge >= 0.3 is 11.9 Å². The highest BCUT2D eigenvalue weighted by Crippen LogP contribution is 2.30. The number of benzene rings is 3. The summed E-state index contributed by atoms with van der Waals surface area (Å²) in [5.41, 5.74) is 1.57. The maximum Gasteiger partial charge on any atom is 0.335 e. The molecule has 4 nitrogen and oxygen atoms in total. The summed E-state index contributed by atoms with van der Waals surface area (Å²) in [7, 11) is 1.70. The highest BCUT2D eigenvalue weighted by Gasteiger charge is 2.13. The fourth-order valence-corrected chi connectivity index (χ4v) is 3.37. The topological polar surface area (TPSA) is 57.6 Å². The van der Waals surface area contributed by atoms with Crippen molar-refractivity contribution in [3.63, 3.8) is 0 Å². The predicted octanol–water partition coefficient (Wildman–Crippen LogP) is 4.16. The van der Waals surface area contributed by atoms with Crippen molar-refractivity contribution < 1.29 is 14.7 Å². The number of nitrogens with zero attached hydrogens (tertiary/aromatic N) is 1. The van der Waals surface area contributed by atoms with Crippen molar-refractivity contribution in [2.45, 2.75) is 0 Å². The van der Waals surface area contributed by atoms with E-state index in [2.05, 4.69) is 34.4 Å². The summed E-state index contributed by atoms with van der Waals surface area (Å²) >= 11 is 2.26. The second-order valence-electron chi connectivity index (χ2n) is 5.61. The molecule has 1 amide bonds. The number of carbonyl (C=O) groups excluding carboxylic acids is 1. The molecule has 3 rings (SSSR count). The Balaban J connectivity index is 1.89. The number of carboxylic acids is 1. The molecule has 0 radical (unpaired) electrons. The number of rotatable bonds is 2. The van der Waals surface area contributed by atoms with Crippen LogP contribution in [0.2, 0.25) is 0 Å². The second kappa shape index (κ2) is 7.58. The van der Waals surface area contributed by atoms with Crippen molar-refractivity contribution in [3.05, 3.63) is 75.4 Å². The Morgan fingerprint density at radius 1 is 1.00 bits per heavy atom. The average molecular weight is 455 g/mol. The summed E-state index contributed by atoms with van der Waals surface area (Å²) in [6.07, 6.45) is 0. The van der Waals surface area contributed by atoms with Crippen LogP contribution in [0.4, 0.5) is 5.69 Å². The third-order valence-electron chi connectivity index (χ3n) is 3.94. The molecule has 0 spiro atoms. The fourth-order valence-electron chi connectivity index (χ4n) is 2.57. The standard InChI is InChI=1S/C21H14INO3/c1-23(18-7-3-5-15-4-2-6-17(22)20(15)18)19(24)13-10-14-8-11-16(12-9-14)21(25)26/h2-9,11-12H,1H3,(H,25,26). The second-order valence-corrected chi connectivity index (χ2v) is 6.77. The van der Waals surface area contributed by atoms with Gasteiger partial charge in [-0.2, -0.15) is 0 Å². The van der Waals surface area contributed by atoms with Crippen LogP contribution in [0, 0.1) is 15.4 Å². The Morgan fingerprint density at radius 3 is 2.31 bits per heavy atom. The van der Waals surface area contributed by atoms with Crippen LogP contribution in [0.3, 0.4) is 0 Å². The molecule has 3 aromatic carbocycles. The smallest absolute Gasteiger partial charge is 0.335 e. The summed E-state index contributed by atoms with van der Waals surface area (Å²) in [4.78, 5) is 24.9. The van der Waals surface area contributed by atoms with Gasteiger partial charge in [0.25, 0.3) is 0 Å². The summed E-state index contributed by atoms with van der Waals surface area (Å²) < 4.78 is 1.06. The van der Waals surface area contributed by atoms with Crippen molar-refractivity contribution in [2.75, 3.05) is 11.9 Å². The van der Waals surface area contributed by atoms with Gasteiger partial charge in [0.05, 0.1) is 11.3 Å². The lowest BCUT2D eigenvalue weighted by molar-refractivity contribution is -0.113. The quantitative estimate of drug-likeness (QED) is 0.467. The predicted molar refractivity (Wildman–Crippen MR) is 110 cm³/mol. The minimum absolute atomic E-state index is 0.185. The Hall–Kier alpha value is -2.85. The third kappa shape index (κ3) is 3.70. The van der Waals surface area contributed by atoms with Crippen LogP contribution in [0.5, 0.6) is 0 Å². The lowest BCUT2D eigenvalue weighted by Gasteiger charge is -2.17.